The van der Waals surface area contributed by atoms with Crippen molar-refractivity contribution >= 4 is 11.6 Å². The van der Waals surface area contributed by atoms with Crippen molar-refractivity contribution in [2.45, 2.75) is 13.0 Å². The van der Waals surface area contributed by atoms with Crippen LogP contribution in [0.4, 0.5) is 0 Å². The van der Waals surface area contributed by atoms with E-state index in [1.165, 1.54) is 0 Å². The summed E-state index contributed by atoms with van der Waals surface area (Å²) in [6, 6.07) is 9.71. The first kappa shape index (κ1) is 11.2. The number of benzene rings is 1. The maximum atomic E-state index is 9.72. The highest BCUT2D eigenvalue weighted by atomic mass is 35.5. The third-order valence-corrected chi connectivity index (χ3v) is 2.92. The summed E-state index contributed by atoms with van der Waals surface area (Å²) in [6.45, 7) is 1.69. The lowest BCUT2D eigenvalue weighted by molar-refractivity contribution is 0.200. The van der Waals surface area contributed by atoms with E-state index in [9.17, 15) is 5.11 Å². The van der Waals surface area contributed by atoms with E-state index < -0.39 is 6.10 Å². The molecule has 0 spiro atoms. The molecule has 0 aliphatic heterocycles. The third-order valence-electron chi connectivity index (χ3n) is 2.48. The van der Waals surface area contributed by atoms with Crippen LogP contribution in [0.15, 0.2) is 30.3 Å². The molecule has 3 nitrogen and oxygen atoms in total. The fourth-order valence-corrected chi connectivity index (χ4v) is 1.98. The smallest absolute Gasteiger partial charge is 0.133 e. The maximum absolute atomic E-state index is 9.72. The van der Waals surface area contributed by atoms with Crippen molar-refractivity contribution in [2.75, 3.05) is 0 Å². The predicted molar refractivity (Wildman–Crippen MR) is 64.3 cm³/mol. The van der Waals surface area contributed by atoms with Gasteiger partial charge in [-0.3, -0.25) is 4.68 Å². The molecule has 16 heavy (non-hydrogen) atoms. The van der Waals surface area contributed by atoms with Gasteiger partial charge in [-0.1, -0.05) is 41.9 Å². The molecular formula is C12H13ClN2O. The molecule has 1 atom stereocenters. The Bertz CT molecular complexity index is 491. The quantitative estimate of drug-likeness (QED) is 0.871. The molecule has 0 aliphatic rings. The minimum absolute atomic E-state index is 0.480. The zero-order chi connectivity index (χ0) is 11.7. The molecule has 0 saturated carbocycles. The Morgan fingerprint density at radius 1 is 1.31 bits per heavy atom. The molecule has 0 amide bonds. The van der Waals surface area contributed by atoms with E-state index in [0.717, 1.165) is 11.3 Å². The molecule has 2 aromatic rings. The average Bonchev–Trinajstić information content (AvgIpc) is 2.57. The molecule has 0 radical (unpaired) electrons. The maximum Gasteiger partial charge on any atom is 0.133 e. The Morgan fingerprint density at radius 3 is 2.50 bits per heavy atom. The van der Waals surface area contributed by atoms with Gasteiger partial charge in [0, 0.05) is 18.2 Å². The number of hydrogen-bond donors (Lipinski definition) is 1. The van der Waals surface area contributed by atoms with Gasteiger partial charge in [-0.2, -0.15) is 5.10 Å². The number of aromatic nitrogens is 2. The molecule has 4 heteroatoms. The number of halogens is 1. The molecule has 0 unspecified atom stereocenters. The number of hydrogen-bond acceptors (Lipinski definition) is 2. The lowest BCUT2D eigenvalue weighted by atomic mass is 10.1. The topological polar surface area (TPSA) is 38.1 Å². The van der Waals surface area contributed by atoms with Crippen LogP contribution in [-0.4, -0.2) is 14.9 Å². The molecule has 1 aromatic carbocycles. The van der Waals surface area contributed by atoms with Gasteiger partial charge < -0.3 is 5.11 Å². The summed E-state index contributed by atoms with van der Waals surface area (Å²) in [6.07, 6.45) is -0.628. The minimum atomic E-state index is -0.628. The molecular weight excluding hydrogens is 224 g/mol. The van der Waals surface area contributed by atoms with Crippen LogP contribution < -0.4 is 0 Å². The van der Waals surface area contributed by atoms with E-state index in [0.29, 0.717) is 10.7 Å². The summed E-state index contributed by atoms with van der Waals surface area (Å²) in [7, 11) is 1.76. The number of aliphatic hydroxyl groups excluding tert-OH is 1. The highest BCUT2D eigenvalue weighted by Gasteiger charge is 2.19. The zero-order valence-corrected chi connectivity index (χ0v) is 9.94. The molecule has 2 rings (SSSR count). The van der Waals surface area contributed by atoms with Crippen molar-refractivity contribution in [1.29, 1.82) is 0 Å². The second-order valence-corrected chi connectivity index (χ2v) is 4.08. The predicted octanol–water partition coefficient (Wildman–Crippen LogP) is 2.79. The van der Waals surface area contributed by atoms with Crippen molar-refractivity contribution in [3.63, 3.8) is 0 Å². The monoisotopic (exact) mass is 236 g/mol. The van der Waals surface area contributed by atoms with E-state index in [1.807, 2.05) is 30.3 Å². The van der Waals surface area contributed by atoms with Gasteiger partial charge in [-0.25, -0.2) is 0 Å². The first-order valence-electron chi connectivity index (χ1n) is 5.07. The molecule has 1 heterocycles. The summed E-state index contributed by atoms with van der Waals surface area (Å²) >= 11 is 6.10. The summed E-state index contributed by atoms with van der Waals surface area (Å²) in [5.41, 5.74) is 2.37. The van der Waals surface area contributed by atoms with E-state index in [-0.39, 0.29) is 0 Å². The third kappa shape index (κ3) is 1.84. The van der Waals surface area contributed by atoms with Crippen LogP contribution in [0.5, 0.6) is 0 Å². The Hall–Kier alpha value is -1.32. The molecule has 0 aliphatic carbocycles. The largest absolute Gasteiger partial charge is 0.389 e. The van der Waals surface area contributed by atoms with Crippen LogP contribution in [0, 0.1) is 0 Å². The van der Waals surface area contributed by atoms with Gasteiger partial charge in [-0.15, -0.1) is 0 Å². The second-order valence-electron chi connectivity index (χ2n) is 3.72. The molecule has 0 saturated heterocycles. The zero-order valence-electron chi connectivity index (χ0n) is 9.18. The lowest BCUT2D eigenvalue weighted by Gasteiger charge is -2.05. The van der Waals surface area contributed by atoms with E-state index in [2.05, 4.69) is 5.10 Å². The standard InChI is InChI=1S/C12H13ClN2O/c1-8(16)10-11(14-15(2)12(10)13)9-6-4-3-5-7-9/h3-8,16H,1-2H3/t8-/m0/s1. The fourth-order valence-electron chi connectivity index (χ4n) is 1.70. The number of rotatable bonds is 2. The van der Waals surface area contributed by atoms with Gasteiger partial charge in [-0.05, 0) is 6.92 Å². The molecule has 0 bridgehead atoms. The molecule has 1 N–H and O–H groups in total. The number of aryl methyl sites for hydroxylation is 1. The highest BCUT2D eigenvalue weighted by Crippen LogP contribution is 2.32. The van der Waals surface area contributed by atoms with Gasteiger partial charge in [0.05, 0.1) is 11.8 Å². The van der Waals surface area contributed by atoms with Gasteiger partial charge in [0.1, 0.15) is 5.15 Å². The van der Waals surface area contributed by atoms with Gasteiger partial charge in [0.2, 0.25) is 0 Å². The molecule has 84 valence electrons. The lowest BCUT2D eigenvalue weighted by Crippen LogP contribution is -1.93. The van der Waals surface area contributed by atoms with Crippen molar-refractivity contribution in [3.8, 4) is 11.3 Å². The summed E-state index contributed by atoms with van der Waals surface area (Å²) in [4.78, 5) is 0. The summed E-state index contributed by atoms with van der Waals surface area (Å²) in [5.74, 6) is 0. The average molecular weight is 237 g/mol. The van der Waals surface area contributed by atoms with Crippen LogP contribution in [-0.2, 0) is 7.05 Å². The first-order valence-corrected chi connectivity index (χ1v) is 5.45. The van der Waals surface area contributed by atoms with Gasteiger partial charge in [0.15, 0.2) is 0 Å². The van der Waals surface area contributed by atoms with E-state index >= 15 is 0 Å². The number of aliphatic hydroxyl groups is 1. The first-order chi connectivity index (χ1) is 7.61. The van der Waals surface area contributed by atoms with E-state index in [4.69, 9.17) is 11.6 Å². The van der Waals surface area contributed by atoms with Crippen molar-refractivity contribution in [2.24, 2.45) is 7.05 Å². The van der Waals surface area contributed by atoms with Crippen LogP contribution >= 0.6 is 11.6 Å². The Morgan fingerprint density at radius 2 is 1.94 bits per heavy atom. The van der Waals surface area contributed by atoms with Crippen LogP contribution in [0.25, 0.3) is 11.3 Å². The van der Waals surface area contributed by atoms with Crippen LogP contribution in [0.2, 0.25) is 5.15 Å². The Balaban J connectivity index is 2.62. The SMILES string of the molecule is C[C@H](O)c1c(-c2ccccc2)nn(C)c1Cl. The van der Waals surface area contributed by atoms with Crippen molar-refractivity contribution < 1.29 is 5.11 Å². The second kappa shape index (κ2) is 4.28. The van der Waals surface area contributed by atoms with Crippen molar-refractivity contribution in [1.82, 2.24) is 9.78 Å². The molecule has 0 fully saturated rings. The Labute approximate surface area is 99.3 Å². The number of nitrogens with zero attached hydrogens (tertiary/aromatic N) is 2. The van der Waals surface area contributed by atoms with E-state index in [1.54, 1.807) is 18.7 Å². The summed E-state index contributed by atoms with van der Waals surface area (Å²) < 4.78 is 1.58. The van der Waals surface area contributed by atoms with Gasteiger partial charge in [0.25, 0.3) is 0 Å². The summed E-state index contributed by atoms with van der Waals surface area (Å²) in [5, 5.41) is 14.5. The molecule has 1 aromatic heterocycles. The fraction of sp³-hybridized carbons (Fsp3) is 0.250. The minimum Gasteiger partial charge on any atom is -0.389 e. The van der Waals surface area contributed by atoms with Crippen molar-refractivity contribution in [3.05, 3.63) is 41.0 Å². The normalized spacial score (nSPS) is 12.8. The highest BCUT2D eigenvalue weighted by molar-refractivity contribution is 6.30. The van der Waals surface area contributed by atoms with Crippen LogP contribution in [0.1, 0.15) is 18.6 Å². The Kier molecular flexibility index (Phi) is 2.99. The van der Waals surface area contributed by atoms with Gasteiger partial charge >= 0.3 is 0 Å². The van der Waals surface area contributed by atoms with Crippen LogP contribution in [0.3, 0.4) is 0 Å².